The predicted octanol–water partition coefficient (Wildman–Crippen LogP) is 8.03. The Morgan fingerprint density at radius 2 is 0.949 bits per heavy atom. The van der Waals surface area contributed by atoms with E-state index in [1.807, 2.05) is 54.6 Å². The van der Waals surface area contributed by atoms with Crippen LogP contribution in [0.4, 0.5) is 0 Å². The molecule has 0 aliphatic heterocycles. The number of ether oxygens (including phenoxy) is 2. The maximum Gasteiger partial charge on any atom is 0.341 e. The van der Waals surface area contributed by atoms with Gasteiger partial charge in [0, 0.05) is 38.6 Å². The Labute approximate surface area is 351 Å². The Balaban J connectivity index is 0.000000179. The molecule has 8 aromatic rings. The summed E-state index contributed by atoms with van der Waals surface area (Å²) < 4.78 is 16.4. The number of carboxylic acids is 2. The van der Waals surface area contributed by atoms with Gasteiger partial charge in [0.1, 0.15) is 11.5 Å². The molecule has 12 nitrogen and oxygen atoms in total. The molecule has 6 N–H and O–H groups in total. The molecule has 0 atom stereocenters. The number of fused-ring (bicyclic) bond motifs is 6. The predicted molar refractivity (Wildman–Crippen MR) is 235 cm³/mol. The highest BCUT2D eigenvalue weighted by Gasteiger charge is 2.22. The summed E-state index contributed by atoms with van der Waals surface area (Å²) in [7, 11) is 0. The third-order valence-corrected chi connectivity index (χ3v) is 10.5. The van der Waals surface area contributed by atoms with Crippen molar-refractivity contribution in [3.05, 3.63) is 152 Å². The van der Waals surface area contributed by atoms with E-state index in [-0.39, 0.29) is 0 Å². The Morgan fingerprint density at radius 3 is 1.37 bits per heavy atom. The van der Waals surface area contributed by atoms with Crippen molar-refractivity contribution in [2.45, 2.75) is 26.9 Å². The summed E-state index contributed by atoms with van der Waals surface area (Å²) in [6, 6.07) is 36.3. The van der Waals surface area contributed by atoms with Gasteiger partial charge in [-0.2, -0.15) is 0 Å². The molecule has 0 aliphatic rings. The molecule has 0 fully saturated rings. The maximum absolute atomic E-state index is 12.2. The largest absolute Gasteiger partial charge is 0.481 e. The van der Waals surface area contributed by atoms with E-state index in [1.165, 1.54) is 11.1 Å². The number of amides is 2. The van der Waals surface area contributed by atoms with Gasteiger partial charge in [-0.15, -0.1) is 0 Å². The standard InChI is InChI=1S/C24H22N2O4.C22H17IN2O4/c1-14-9-15(2)11-16(10-14)12-26-18-6-3-5-17(24(25)29)22(18)23-19(26)7-4-8-20(23)30-13-21(27)28;23-14-5-1-4-13(10-14)11-25-16-7-2-6-15(22(24)28)20(16)21-17(25)8-3-9-18(21)29-12-19(26)27/h3-11H,12-13H2,1-2H3,(H2,25,29)(H,27,28);1-10H,11-12H2,(H2,24,28)(H,26,27). The smallest absolute Gasteiger partial charge is 0.341 e. The van der Waals surface area contributed by atoms with E-state index < -0.39 is 37.0 Å². The number of hydrogen-bond donors (Lipinski definition) is 4. The number of aryl methyl sites for hydroxylation is 2. The second-order valence-electron chi connectivity index (χ2n) is 14.1. The van der Waals surface area contributed by atoms with Crippen LogP contribution in [-0.2, 0) is 22.7 Å². The summed E-state index contributed by atoms with van der Waals surface area (Å²) in [6.07, 6.45) is 0. The van der Waals surface area contributed by atoms with Crippen LogP contribution in [0.15, 0.2) is 115 Å². The third kappa shape index (κ3) is 8.41. The highest BCUT2D eigenvalue weighted by atomic mass is 127. The Morgan fingerprint density at radius 1 is 0.542 bits per heavy atom. The summed E-state index contributed by atoms with van der Waals surface area (Å²) in [6.45, 7) is 4.36. The van der Waals surface area contributed by atoms with E-state index in [9.17, 15) is 19.2 Å². The molecule has 0 bridgehead atoms. The Hall–Kier alpha value is -6.87. The van der Waals surface area contributed by atoms with Crippen molar-refractivity contribution in [2.24, 2.45) is 11.5 Å². The lowest BCUT2D eigenvalue weighted by Crippen LogP contribution is -2.11. The monoisotopic (exact) mass is 902 g/mol. The van der Waals surface area contributed by atoms with E-state index >= 15 is 0 Å². The number of halogens is 1. The molecule has 6 aromatic carbocycles. The van der Waals surface area contributed by atoms with Crippen LogP contribution in [0.1, 0.15) is 43.0 Å². The molecule has 0 aliphatic carbocycles. The van der Waals surface area contributed by atoms with Crippen molar-refractivity contribution in [1.82, 2.24) is 9.13 Å². The van der Waals surface area contributed by atoms with E-state index in [0.717, 1.165) is 36.8 Å². The van der Waals surface area contributed by atoms with Gasteiger partial charge in [-0.3, -0.25) is 9.59 Å². The number of primary amides is 2. The first kappa shape index (κ1) is 40.3. The molecule has 0 saturated heterocycles. The zero-order chi connectivity index (χ0) is 42.0. The van der Waals surface area contributed by atoms with Crippen LogP contribution in [0.3, 0.4) is 0 Å². The fourth-order valence-electron chi connectivity index (χ4n) is 7.74. The SMILES string of the molecule is Cc1cc(C)cc(Cn2c3cccc(OCC(=O)O)c3c3c(C(N)=O)cccc32)c1.NC(=O)c1cccc2c1c1c(OCC(=O)O)cccc1n2Cc1cccc(I)c1. The molecule has 0 radical (unpaired) electrons. The molecule has 2 amide bonds. The molecular weight excluding hydrogens is 863 g/mol. The number of hydrogen-bond acceptors (Lipinski definition) is 6. The van der Waals surface area contributed by atoms with Crippen LogP contribution in [0.25, 0.3) is 43.6 Å². The van der Waals surface area contributed by atoms with Crippen LogP contribution >= 0.6 is 22.6 Å². The number of carbonyl (C=O) groups is 4. The average molecular weight is 903 g/mol. The average Bonchev–Trinajstić information content (AvgIpc) is 3.68. The van der Waals surface area contributed by atoms with Crippen LogP contribution in [0, 0.1) is 17.4 Å². The van der Waals surface area contributed by atoms with Gasteiger partial charge < -0.3 is 40.3 Å². The number of carbonyl (C=O) groups excluding carboxylic acids is 2. The number of nitrogens with zero attached hydrogens (tertiary/aromatic N) is 2. The summed E-state index contributed by atoms with van der Waals surface area (Å²) in [4.78, 5) is 46.4. The third-order valence-electron chi connectivity index (χ3n) is 9.84. The van der Waals surface area contributed by atoms with E-state index in [4.69, 9.17) is 31.2 Å². The number of benzene rings is 6. The van der Waals surface area contributed by atoms with Crippen molar-refractivity contribution in [3.63, 3.8) is 0 Å². The lowest BCUT2D eigenvalue weighted by Gasteiger charge is -2.10. The molecule has 59 heavy (non-hydrogen) atoms. The molecule has 2 aromatic heterocycles. The topological polar surface area (TPSA) is 189 Å². The van der Waals surface area contributed by atoms with E-state index in [2.05, 4.69) is 69.8 Å². The molecule has 8 rings (SSSR count). The van der Waals surface area contributed by atoms with Crippen LogP contribution in [0.2, 0.25) is 0 Å². The summed E-state index contributed by atoms with van der Waals surface area (Å²) in [5.74, 6) is -2.41. The molecule has 2 heterocycles. The van der Waals surface area contributed by atoms with Crippen molar-refractivity contribution in [1.29, 1.82) is 0 Å². The quantitative estimate of drug-likeness (QED) is 0.0887. The fourth-order valence-corrected chi connectivity index (χ4v) is 8.35. The number of aliphatic carboxylic acids is 2. The van der Waals surface area contributed by atoms with Crippen LogP contribution < -0.4 is 20.9 Å². The van der Waals surface area contributed by atoms with Gasteiger partial charge in [-0.1, -0.05) is 65.7 Å². The van der Waals surface area contributed by atoms with Gasteiger partial charge in [0.2, 0.25) is 11.8 Å². The van der Waals surface area contributed by atoms with Gasteiger partial charge in [-0.05, 0) is 108 Å². The molecule has 0 unspecified atom stereocenters. The van der Waals surface area contributed by atoms with Crippen molar-refractivity contribution in [2.75, 3.05) is 13.2 Å². The second-order valence-corrected chi connectivity index (χ2v) is 15.3. The molecule has 0 spiro atoms. The molecule has 13 heteroatoms. The summed E-state index contributed by atoms with van der Waals surface area (Å²) in [5, 5.41) is 20.8. The van der Waals surface area contributed by atoms with E-state index in [0.29, 0.717) is 57.3 Å². The normalized spacial score (nSPS) is 11.1. The first-order chi connectivity index (χ1) is 28.3. The zero-order valence-electron chi connectivity index (χ0n) is 32.1. The summed E-state index contributed by atoms with van der Waals surface area (Å²) in [5.41, 5.74) is 20.0. The first-order valence-electron chi connectivity index (χ1n) is 18.5. The number of nitrogens with two attached hydrogens (primary N) is 2. The number of rotatable bonds is 12. The lowest BCUT2D eigenvalue weighted by atomic mass is 10.1. The highest BCUT2D eigenvalue weighted by molar-refractivity contribution is 14.1. The fraction of sp³-hybridized carbons (Fsp3) is 0.130. The minimum absolute atomic E-state index is 0.375. The summed E-state index contributed by atoms with van der Waals surface area (Å²) >= 11 is 2.27. The minimum Gasteiger partial charge on any atom is -0.481 e. The molecule has 0 saturated carbocycles. The van der Waals surface area contributed by atoms with Gasteiger partial charge in [0.05, 0.1) is 32.8 Å². The van der Waals surface area contributed by atoms with Crippen molar-refractivity contribution in [3.8, 4) is 11.5 Å². The Bertz CT molecular complexity index is 2950. The first-order valence-corrected chi connectivity index (χ1v) is 19.6. The molecule has 298 valence electrons. The van der Waals surface area contributed by atoms with Gasteiger partial charge in [0.25, 0.3) is 0 Å². The number of carboxylic acid groups (broad SMARTS) is 2. The van der Waals surface area contributed by atoms with Gasteiger partial charge in [0.15, 0.2) is 13.2 Å². The van der Waals surface area contributed by atoms with Gasteiger partial charge in [-0.25, -0.2) is 9.59 Å². The van der Waals surface area contributed by atoms with Crippen molar-refractivity contribution < 1.29 is 38.9 Å². The highest BCUT2D eigenvalue weighted by Crippen LogP contribution is 2.40. The number of aromatic nitrogens is 2. The lowest BCUT2D eigenvalue weighted by molar-refractivity contribution is -0.140. The Kier molecular flexibility index (Phi) is 11.6. The van der Waals surface area contributed by atoms with Crippen molar-refractivity contribution >= 4 is 90.0 Å². The zero-order valence-corrected chi connectivity index (χ0v) is 34.2. The van der Waals surface area contributed by atoms with E-state index in [1.54, 1.807) is 36.4 Å². The van der Waals surface area contributed by atoms with Gasteiger partial charge >= 0.3 is 11.9 Å². The van der Waals surface area contributed by atoms with Crippen LogP contribution in [-0.4, -0.2) is 56.3 Å². The molecular formula is C46H39IN4O8. The second kappa shape index (κ2) is 16.9. The maximum atomic E-state index is 12.2. The van der Waals surface area contributed by atoms with Crippen LogP contribution in [0.5, 0.6) is 11.5 Å². The minimum atomic E-state index is -1.07.